The molecule has 1 N–H and O–H groups in total. The highest BCUT2D eigenvalue weighted by Crippen LogP contribution is 2.31. The average Bonchev–Trinajstić information content (AvgIpc) is 3.07. The average molecular weight is 329 g/mol. The van der Waals surface area contributed by atoms with Gasteiger partial charge < -0.3 is 9.64 Å². The Kier molecular flexibility index (Phi) is 5.77. The number of hydrogen-bond acceptors (Lipinski definition) is 3. The predicted molar refractivity (Wildman–Crippen MR) is 99.7 cm³/mol. The quantitative estimate of drug-likeness (QED) is 0.801. The second-order valence-electron chi connectivity index (χ2n) is 7.12. The number of aromatic amines is 1. The molecule has 1 saturated carbocycles. The minimum Gasteiger partial charge on any atom is -0.490 e. The van der Waals surface area contributed by atoms with E-state index in [4.69, 9.17) is 4.74 Å². The highest BCUT2D eigenvalue weighted by Gasteiger charge is 2.27. The minimum absolute atomic E-state index is 0.336. The van der Waals surface area contributed by atoms with Crippen LogP contribution in [0, 0.1) is 6.92 Å². The standard InChI is InChI=1S/C20H31N3O/c1-4-11-23(12-5-2)16-7-6-8-17(13-16)24-20-10-9-19-18(15(20)3)14-21-22-19/h9-10,14,16-17H,4-8,11-13H2,1-3H3,(H,21,22)/t16-,17-/m0/s1. The Morgan fingerprint density at radius 2 is 2.00 bits per heavy atom. The first-order chi connectivity index (χ1) is 11.7. The molecule has 4 heteroatoms. The van der Waals surface area contributed by atoms with Gasteiger partial charge in [-0.05, 0) is 70.7 Å². The zero-order valence-corrected chi connectivity index (χ0v) is 15.3. The van der Waals surface area contributed by atoms with Crippen molar-refractivity contribution in [2.24, 2.45) is 0 Å². The van der Waals surface area contributed by atoms with Crippen molar-refractivity contribution in [3.63, 3.8) is 0 Å². The molecule has 1 aromatic heterocycles. The molecule has 0 amide bonds. The lowest BCUT2D eigenvalue weighted by atomic mass is 9.91. The fourth-order valence-corrected chi connectivity index (χ4v) is 4.06. The Morgan fingerprint density at radius 3 is 2.75 bits per heavy atom. The molecule has 132 valence electrons. The Hall–Kier alpha value is -1.55. The van der Waals surface area contributed by atoms with Crippen molar-refractivity contribution in [3.05, 3.63) is 23.9 Å². The molecule has 1 fully saturated rings. The number of ether oxygens (including phenoxy) is 1. The summed E-state index contributed by atoms with van der Waals surface area (Å²) in [6.07, 6.45) is 9.62. The lowest BCUT2D eigenvalue weighted by Crippen LogP contribution is -2.42. The lowest BCUT2D eigenvalue weighted by molar-refractivity contribution is 0.0757. The molecule has 3 rings (SSSR count). The first-order valence-corrected chi connectivity index (χ1v) is 9.56. The summed E-state index contributed by atoms with van der Waals surface area (Å²) in [5.41, 5.74) is 2.28. The van der Waals surface area contributed by atoms with Gasteiger partial charge in [0, 0.05) is 17.0 Å². The molecule has 4 nitrogen and oxygen atoms in total. The molecular weight excluding hydrogens is 298 g/mol. The van der Waals surface area contributed by atoms with Gasteiger partial charge in [0.15, 0.2) is 0 Å². The zero-order chi connectivity index (χ0) is 16.9. The number of fused-ring (bicyclic) bond motifs is 1. The summed E-state index contributed by atoms with van der Waals surface area (Å²) in [4.78, 5) is 2.68. The monoisotopic (exact) mass is 329 g/mol. The maximum absolute atomic E-state index is 6.43. The van der Waals surface area contributed by atoms with Crippen molar-refractivity contribution in [2.45, 2.75) is 71.4 Å². The van der Waals surface area contributed by atoms with Gasteiger partial charge >= 0.3 is 0 Å². The molecule has 0 unspecified atom stereocenters. The van der Waals surface area contributed by atoms with Crippen molar-refractivity contribution in [1.29, 1.82) is 0 Å². The number of aromatic nitrogens is 2. The van der Waals surface area contributed by atoms with E-state index in [0.29, 0.717) is 12.1 Å². The van der Waals surface area contributed by atoms with Crippen LogP contribution in [0.25, 0.3) is 10.9 Å². The molecule has 1 aliphatic carbocycles. The highest BCUT2D eigenvalue weighted by molar-refractivity contribution is 5.83. The summed E-state index contributed by atoms with van der Waals surface area (Å²) in [6.45, 7) is 9.12. The largest absolute Gasteiger partial charge is 0.490 e. The van der Waals surface area contributed by atoms with Gasteiger partial charge in [0.25, 0.3) is 0 Å². The van der Waals surface area contributed by atoms with E-state index in [0.717, 1.165) is 17.7 Å². The number of H-pyrrole nitrogens is 1. The van der Waals surface area contributed by atoms with Crippen LogP contribution in [0.4, 0.5) is 0 Å². The van der Waals surface area contributed by atoms with Gasteiger partial charge in [0.2, 0.25) is 0 Å². The molecule has 1 heterocycles. The molecule has 2 atom stereocenters. The molecular formula is C20H31N3O. The fourth-order valence-electron chi connectivity index (χ4n) is 4.06. The van der Waals surface area contributed by atoms with Crippen LogP contribution < -0.4 is 4.74 Å². The Balaban J connectivity index is 1.68. The van der Waals surface area contributed by atoms with Gasteiger partial charge in [-0.3, -0.25) is 5.10 Å². The van der Waals surface area contributed by atoms with E-state index in [1.54, 1.807) is 0 Å². The van der Waals surface area contributed by atoms with Crippen LogP contribution >= 0.6 is 0 Å². The van der Waals surface area contributed by atoms with Crippen LogP contribution in [-0.2, 0) is 0 Å². The smallest absolute Gasteiger partial charge is 0.123 e. The molecule has 24 heavy (non-hydrogen) atoms. The van der Waals surface area contributed by atoms with E-state index in [-0.39, 0.29) is 0 Å². The summed E-state index contributed by atoms with van der Waals surface area (Å²) in [5.74, 6) is 1.02. The Labute approximate surface area is 145 Å². The number of benzene rings is 1. The van der Waals surface area contributed by atoms with Crippen molar-refractivity contribution in [2.75, 3.05) is 13.1 Å². The molecule has 1 aliphatic rings. The van der Waals surface area contributed by atoms with Gasteiger partial charge in [-0.25, -0.2) is 0 Å². The third-order valence-corrected chi connectivity index (χ3v) is 5.27. The third kappa shape index (κ3) is 3.75. The lowest BCUT2D eigenvalue weighted by Gasteiger charge is -2.37. The first-order valence-electron chi connectivity index (χ1n) is 9.56. The summed E-state index contributed by atoms with van der Waals surface area (Å²) >= 11 is 0. The van der Waals surface area contributed by atoms with E-state index in [1.807, 2.05) is 6.20 Å². The molecule has 2 aromatic rings. The van der Waals surface area contributed by atoms with Crippen molar-refractivity contribution >= 4 is 10.9 Å². The van der Waals surface area contributed by atoms with Gasteiger partial charge in [-0.1, -0.05) is 13.8 Å². The van der Waals surface area contributed by atoms with E-state index in [1.165, 1.54) is 56.1 Å². The maximum Gasteiger partial charge on any atom is 0.123 e. The molecule has 1 aromatic carbocycles. The van der Waals surface area contributed by atoms with E-state index < -0.39 is 0 Å². The normalized spacial score (nSPS) is 21.5. The molecule has 0 bridgehead atoms. The Bertz CT molecular complexity index is 645. The van der Waals surface area contributed by atoms with Crippen LogP contribution in [-0.4, -0.2) is 40.3 Å². The highest BCUT2D eigenvalue weighted by atomic mass is 16.5. The van der Waals surface area contributed by atoms with Crippen LogP contribution in [0.5, 0.6) is 5.75 Å². The van der Waals surface area contributed by atoms with Gasteiger partial charge in [-0.15, -0.1) is 0 Å². The third-order valence-electron chi connectivity index (χ3n) is 5.27. The molecule has 0 spiro atoms. The predicted octanol–water partition coefficient (Wildman–Crippen LogP) is 4.68. The minimum atomic E-state index is 0.336. The fraction of sp³-hybridized carbons (Fsp3) is 0.650. The SMILES string of the molecule is CCCN(CCC)[C@H]1CCC[C@H](Oc2ccc3[nH]ncc3c2C)C1. The van der Waals surface area contributed by atoms with Gasteiger partial charge in [0.1, 0.15) is 11.9 Å². The topological polar surface area (TPSA) is 41.1 Å². The van der Waals surface area contributed by atoms with Crippen LogP contribution in [0.15, 0.2) is 18.3 Å². The van der Waals surface area contributed by atoms with Crippen molar-refractivity contribution < 1.29 is 4.74 Å². The van der Waals surface area contributed by atoms with Crippen LogP contribution in [0.1, 0.15) is 57.9 Å². The number of nitrogens with zero attached hydrogens (tertiary/aromatic N) is 2. The molecule has 0 saturated heterocycles. The molecule has 0 aliphatic heterocycles. The number of hydrogen-bond donors (Lipinski definition) is 1. The van der Waals surface area contributed by atoms with E-state index in [2.05, 4.69) is 48.0 Å². The summed E-state index contributed by atoms with van der Waals surface area (Å²) in [7, 11) is 0. The number of rotatable bonds is 7. The summed E-state index contributed by atoms with van der Waals surface area (Å²) in [6, 6.07) is 4.85. The second-order valence-corrected chi connectivity index (χ2v) is 7.12. The maximum atomic E-state index is 6.43. The van der Waals surface area contributed by atoms with E-state index in [9.17, 15) is 0 Å². The summed E-state index contributed by atoms with van der Waals surface area (Å²) < 4.78 is 6.43. The van der Waals surface area contributed by atoms with Crippen LogP contribution in [0.3, 0.4) is 0 Å². The Morgan fingerprint density at radius 1 is 1.21 bits per heavy atom. The number of aryl methyl sites for hydroxylation is 1. The summed E-state index contributed by atoms with van der Waals surface area (Å²) in [5, 5.41) is 8.33. The van der Waals surface area contributed by atoms with Crippen molar-refractivity contribution in [1.82, 2.24) is 15.1 Å². The second kappa shape index (κ2) is 8.02. The number of nitrogens with one attached hydrogen (secondary N) is 1. The zero-order valence-electron chi connectivity index (χ0n) is 15.3. The van der Waals surface area contributed by atoms with Crippen molar-refractivity contribution in [3.8, 4) is 5.75 Å². The van der Waals surface area contributed by atoms with E-state index >= 15 is 0 Å². The van der Waals surface area contributed by atoms with Gasteiger partial charge in [-0.2, -0.15) is 5.10 Å². The first kappa shape index (κ1) is 17.3. The molecule has 0 radical (unpaired) electrons. The van der Waals surface area contributed by atoms with Crippen LogP contribution in [0.2, 0.25) is 0 Å². The van der Waals surface area contributed by atoms with Gasteiger partial charge in [0.05, 0.1) is 11.7 Å².